The Morgan fingerprint density at radius 1 is 1.43 bits per heavy atom. The van der Waals surface area contributed by atoms with Crippen LogP contribution in [0.5, 0.6) is 0 Å². The Labute approximate surface area is 126 Å². The van der Waals surface area contributed by atoms with Gasteiger partial charge in [0.2, 0.25) is 5.78 Å². The maximum atomic E-state index is 4.62. The molecule has 5 nitrogen and oxygen atoms in total. The van der Waals surface area contributed by atoms with Crippen LogP contribution in [0.15, 0.2) is 24.7 Å². The largest absolute Gasteiger partial charge is 0.313 e. The molecule has 1 atom stereocenters. The Morgan fingerprint density at radius 3 is 3.14 bits per heavy atom. The minimum absolute atomic E-state index is 0.639. The summed E-state index contributed by atoms with van der Waals surface area (Å²) in [5.74, 6) is 0.791. The molecule has 0 aromatic carbocycles. The molecule has 0 amide bonds. The normalized spacial score (nSPS) is 19.4. The van der Waals surface area contributed by atoms with Crippen LogP contribution in [-0.2, 0) is 6.54 Å². The summed E-state index contributed by atoms with van der Waals surface area (Å²) in [6, 6.07) is 2.58. The van der Waals surface area contributed by atoms with Gasteiger partial charge in [0.15, 0.2) is 0 Å². The third-order valence-electron chi connectivity index (χ3n) is 4.10. The summed E-state index contributed by atoms with van der Waals surface area (Å²) in [5, 5.41) is 3.64. The molecule has 2 aromatic rings. The maximum Gasteiger partial charge on any atom is 0.233 e. The molecular formula is C16H25N5. The fourth-order valence-corrected chi connectivity index (χ4v) is 3.13. The first-order valence-corrected chi connectivity index (χ1v) is 8.09. The summed E-state index contributed by atoms with van der Waals surface area (Å²) in [4.78, 5) is 11.4. The van der Waals surface area contributed by atoms with Crippen molar-refractivity contribution in [2.45, 2.75) is 45.2 Å². The zero-order valence-corrected chi connectivity index (χ0v) is 12.8. The third-order valence-corrected chi connectivity index (χ3v) is 4.10. The summed E-state index contributed by atoms with van der Waals surface area (Å²) in [7, 11) is 0. The third kappa shape index (κ3) is 3.80. The van der Waals surface area contributed by atoms with Gasteiger partial charge in [-0.15, -0.1) is 0 Å². The zero-order chi connectivity index (χ0) is 14.5. The van der Waals surface area contributed by atoms with Crippen LogP contribution in [0.3, 0.4) is 0 Å². The van der Waals surface area contributed by atoms with Gasteiger partial charge in [0.1, 0.15) is 0 Å². The van der Waals surface area contributed by atoms with E-state index in [1.165, 1.54) is 32.2 Å². The average molecular weight is 287 g/mol. The van der Waals surface area contributed by atoms with Gasteiger partial charge in [-0.25, -0.2) is 9.97 Å². The van der Waals surface area contributed by atoms with Crippen LogP contribution >= 0.6 is 0 Å². The van der Waals surface area contributed by atoms with Crippen LogP contribution in [0.25, 0.3) is 5.78 Å². The van der Waals surface area contributed by atoms with E-state index in [-0.39, 0.29) is 0 Å². The molecule has 3 rings (SSSR count). The first-order chi connectivity index (χ1) is 10.3. The summed E-state index contributed by atoms with van der Waals surface area (Å²) < 4.78 is 2.00. The smallest absolute Gasteiger partial charge is 0.233 e. The monoisotopic (exact) mass is 287 g/mol. The SMILES string of the molecule is CCCN(Cc1cn2cccnc2n1)CC1CCCCN1. The Balaban J connectivity index is 1.65. The Morgan fingerprint density at radius 2 is 2.38 bits per heavy atom. The predicted molar refractivity (Wildman–Crippen MR) is 84.2 cm³/mol. The minimum Gasteiger partial charge on any atom is -0.313 e. The first kappa shape index (κ1) is 14.5. The van der Waals surface area contributed by atoms with Crippen molar-refractivity contribution < 1.29 is 0 Å². The van der Waals surface area contributed by atoms with Gasteiger partial charge in [0.05, 0.1) is 5.69 Å². The van der Waals surface area contributed by atoms with Gasteiger partial charge in [-0.3, -0.25) is 9.30 Å². The summed E-state index contributed by atoms with van der Waals surface area (Å²) in [6.07, 6.45) is 11.1. The van der Waals surface area contributed by atoms with Crippen LogP contribution < -0.4 is 5.32 Å². The van der Waals surface area contributed by atoms with Crippen LogP contribution in [0.2, 0.25) is 0 Å². The lowest BCUT2D eigenvalue weighted by atomic mass is 10.0. The first-order valence-electron chi connectivity index (χ1n) is 8.09. The number of aromatic nitrogens is 3. The molecule has 5 heteroatoms. The molecule has 3 heterocycles. The van der Waals surface area contributed by atoms with Crippen LogP contribution in [0.4, 0.5) is 0 Å². The van der Waals surface area contributed by atoms with Crippen molar-refractivity contribution in [1.82, 2.24) is 24.6 Å². The van der Waals surface area contributed by atoms with Gasteiger partial charge in [-0.1, -0.05) is 13.3 Å². The highest BCUT2D eigenvalue weighted by Crippen LogP contribution is 2.11. The van der Waals surface area contributed by atoms with Crippen molar-refractivity contribution in [2.75, 3.05) is 19.6 Å². The number of fused-ring (bicyclic) bond motifs is 1. The molecule has 0 spiro atoms. The second-order valence-corrected chi connectivity index (χ2v) is 5.94. The highest BCUT2D eigenvalue weighted by Gasteiger charge is 2.17. The lowest BCUT2D eigenvalue weighted by molar-refractivity contribution is 0.215. The van der Waals surface area contributed by atoms with E-state index in [4.69, 9.17) is 0 Å². The second kappa shape index (κ2) is 7.00. The van der Waals surface area contributed by atoms with E-state index in [0.717, 1.165) is 31.1 Å². The standard InChI is InChI=1S/C16H25N5/c1-2-9-20(11-14-6-3-4-7-17-14)12-15-13-21-10-5-8-18-16(21)19-15/h5,8,10,13-14,17H,2-4,6-7,9,11-12H2,1H3. The molecular weight excluding hydrogens is 262 g/mol. The molecule has 1 saturated heterocycles. The van der Waals surface area contributed by atoms with E-state index in [1.54, 1.807) is 6.20 Å². The molecule has 21 heavy (non-hydrogen) atoms. The molecule has 1 unspecified atom stereocenters. The van der Waals surface area contributed by atoms with Crippen LogP contribution in [0, 0.1) is 0 Å². The van der Waals surface area contributed by atoms with Crippen molar-refractivity contribution in [3.05, 3.63) is 30.4 Å². The summed E-state index contributed by atoms with van der Waals surface area (Å²) >= 11 is 0. The summed E-state index contributed by atoms with van der Waals surface area (Å²) in [5.41, 5.74) is 1.11. The number of rotatable bonds is 6. The quantitative estimate of drug-likeness (QED) is 0.883. The number of nitrogens with zero attached hydrogens (tertiary/aromatic N) is 4. The zero-order valence-electron chi connectivity index (χ0n) is 12.8. The van der Waals surface area contributed by atoms with Crippen molar-refractivity contribution in [3.8, 4) is 0 Å². The molecule has 0 bridgehead atoms. The highest BCUT2D eigenvalue weighted by atomic mass is 15.2. The van der Waals surface area contributed by atoms with E-state index in [9.17, 15) is 0 Å². The Bertz CT molecular complexity index is 526. The van der Waals surface area contributed by atoms with Crippen molar-refractivity contribution in [3.63, 3.8) is 0 Å². The lowest BCUT2D eigenvalue weighted by Crippen LogP contribution is -2.43. The number of hydrogen-bond donors (Lipinski definition) is 1. The van der Waals surface area contributed by atoms with E-state index < -0.39 is 0 Å². The lowest BCUT2D eigenvalue weighted by Gasteiger charge is -2.30. The molecule has 2 aromatic heterocycles. The number of imidazole rings is 1. The topological polar surface area (TPSA) is 45.5 Å². The fraction of sp³-hybridized carbons (Fsp3) is 0.625. The van der Waals surface area contributed by atoms with E-state index >= 15 is 0 Å². The van der Waals surface area contributed by atoms with Crippen molar-refractivity contribution in [2.24, 2.45) is 0 Å². The Hall–Kier alpha value is -1.46. The second-order valence-electron chi connectivity index (χ2n) is 5.94. The fourth-order valence-electron chi connectivity index (χ4n) is 3.13. The predicted octanol–water partition coefficient (Wildman–Crippen LogP) is 2.08. The van der Waals surface area contributed by atoms with Gasteiger partial charge >= 0.3 is 0 Å². The average Bonchev–Trinajstić information content (AvgIpc) is 2.90. The van der Waals surface area contributed by atoms with E-state index in [2.05, 4.69) is 33.3 Å². The van der Waals surface area contributed by atoms with E-state index in [0.29, 0.717) is 6.04 Å². The van der Waals surface area contributed by atoms with E-state index in [1.807, 2.05) is 16.7 Å². The van der Waals surface area contributed by atoms with Gasteiger partial charge in [0, 0.05) is 37.7 Å². The van der Waals surface area contributed by atoms with Crippen molar-refractivity contribution in [1.29, 1.82) is 0 Å². The molecule has 0 aliphatic carbocycles. The van der Waals surface area contributed by atoms with Crippen LogP contribution in [0.1, 0.15) is 38.3 Å². The molecule has 0 radical (unpaired) electrons. The van der Waals surface area contributed by atoms with Crippen LogP contribution in [-0.4, -0.2) is 44.9 Å². The van der Waals surface area contributed by atoms with Gasteiger partial charge < -0.3 is 5.32 Å². The molecule has 1 fully saturated rings. The number of piperidine rings is 1. The molecule has 1 aliphatic rings. The molecule has 1 aliphatic heterocycles. The minimum atomic E-state index is 0.639. The number of nitrogens with one attached hydrogen (secondary N) is 1. The maximum absolute atomic E-state index is 4.62. The highest BCUT2D eigenvalue weighted by molar-refractivity contribution is 5.29. The van der Waals surface area contributed by atoms with Crippen molar-refractivity contribution >= 4 is 5.78 Å². The molecule has 0 saturated carbocycles. The van der Waals surface area contributed by atoms with Gasteiger partial charge in [-0.05, 0) is 38.4 Å². The molecule has 114 valence electrons. The van der Waals surface area contributed by atoms with Gasteiger partial charge in [-0.2, -0.15) is 0 Å². The summed E-state index contributed by atoms with van der Waals surface area (Å²) in [6.45, 7) is 6.57. The molecule has 1 N–H and O–H groups in total. The number of hydrogen-bond acceptors (Lipinski definition) is 4. The van der Waals surface area contributed by atoms with Gasteiger partial charge in [0.25, 0.3) is 0 Å². The Kier molecular flexibility index (Phi) is 4.83.